The van der Waals surface area contributed by atoms with Crippen molar-refractivity contribution < 1.29 is 9.53 Å². The molecule has 0 aliphatic rings. The largest absolute Gasteiger partial charge is 0.466 e. The van der Waals surface area contributed by atoms with Crippen LogP contribution in [0.1, 0.15) is 52.7 Å². The van der Waals surface area contributed by atoms with E-state index in [-0.39, 0.29) is 16.8 Å². The van der Waals surface area contributed by atoms with Crippen LogP contribution in [-0.4, -0.2) is 13.1 Å². The van der Waals surface area contributed by atoms with E-state index in [4.69, 9.17) is 4.74 Å². The van der Waals surface area contributed by atoms with Crippen molar-refractivity contribution in [3.05, 3.63) is 33.7 Å². The summed E-state index contributed by atoms with van der Waals surface area (Å²) in [6.07, 6.45) is 1.53. The monoisotopic (exact) mass is 274 g/mol. The van der Waals surface area contributed by atoms with E-state index in [2.05, 4.69) is 48.1 Å². The molecule has 0 aromatic heterocycles. The fourth-order valence-corrected chi connectivity index (χ4v) is 2.31. The molecule has 0 heterocycles. The van der Waals surface area contributed by atoms with E-state index in [0.717, 1.165) is 10.4 Å². The zero-order valence-corrected chi connectivity index (χ0v) is 13.8. The van der Waals surface area contributed by atoms with Gasteiger partial charge in [-0.05, 0) is 32.4 Å². The van der Waals surface area contributed by atoms with E-state index in [0.29, 0.717) is 0 Å². The maximum Gasteiger partial charge on any atom is 0.331 e. The smallest absolute Gasteiger partial charge is 0.331 e. The van der Waals surface area contributed by atoms with Gasteiger partial charge >= 0.3 is 5.97 Å². The number of carbonyl (C=O) groups is 1. The van der Waals surface area contributed by atoms with Crippen molar-refractivity contribution in [2.24, 2.45) is 0 Å². The first-order chi connectivity index (χ1) is 8.96. The Balaban J connectivity index is 3.73. The van der Waals surface area contributed by atoms with Gasteiger partial charge < -0.3 is 4.74 Å². The summed E-state index contributed by atoms with van der Waals surface area (Å²) in [4.78, 5) is 11.5. The van der Waals surface area contributed by atoms with Crippen LogP contribution in [0, 0.1) is 0 Å². The van der Waals surface area contributed by atoms with Gasteiger partial charge in [0.25, 0.3) is 0 Å². The molecular formula is C18H26O2. The lowest BCUT2D eigenvalue weighted by molar-refractivity contribution is -0.133. The van der Waals surface area contributed by atoms with Crippen LogP contribution in [0.4, 0.5) is 0 Å². The first kappa shape index (κ1) is 16.5. The summed E-state index contributed by atoms with van der Waals surface area (Å²) in [6.45, 7) is 17.2. The topological polar surface area (TPSA) is 26.3 Å². The van der Waals surface area contributed by atoms with Crippen molar-refractivity contribution in [1.29, 1.82) is 0 Å². The van der Waals surface area contributed by atoms with Crippen LogP contribution in [0.3, 0.4) is 0 Å². The third-order valence-corrected chi connectivity index (χ3v) is 3.37. The number of carbonyl (C=O) groups excluding carboxylic acids is 1. The predicted molar refractivity (Wildman–Crippen MR) is 85.1 cm³/mol. The summed E-state index contributed by atoms with van der Waals surface area (Å²) in [5, 5.41) is 1.94. The van der Waals surface area contributed by atoms with E-state index in [1.807, 2.05) is 12.1 Å². The lowest BCUT2D eigenvalue weighted by Gasteiger charge is -2.26. The van der Waals surface area contributed by atoms with Crippen LogP contribution >= 0.6 is 0 Å². The van der Waals surface area contributed by atoms with Crippen molar-refractivity contribution >= 4 is 18.6 Å². The first-order valence-electron chi connectivity index (χ1n) is 6.90. The third kappa shape index (κ3) is 3.72. The van der Waals surface area contributed by atoms with Crippen molar-refractivity contribution in [1.82, 2.24) is 0 Å². The van der Waals surface area contributed by atoms with Gasteiger partial charge in [0.2, 0.25) is 0 Å². The van der Waals surface area contributed by atoms with Gasteiger partial charge in [0, 0.05) is 6.08 Å². The van der Waals surface area contributed by atoms with E-state index in [9.17, 15) is 4.79 Å². The minimum Gasteiger partial charge on any atom is -0.466 e. The molecule has 0 radical (unpaired) electrons. The van der Waals surface area contributed by atoms with Crippen molar-refractivity contribution in [3.8, 4) is 0 Å². The number of hydrogen-bond acceptors (Lipinski definition) is 2. The molecule has 0 atom stereocenters. The summed E-state index contributed by atoms with van der Waals surface area (Å²) in [5.41, 5.74) is 2.30. The third-order valence-electron chi connectivity index (χ3n) is 3.37. The number of ether oxygens (including phenoxy) is 1. The van der Waals surface area contributed by atoms with Crippen LogP contribution < -0.4 is 10.4 Å². The van der Waals surface area contributed by atoms with Crippen LogP contribution in [0.15, 0.2) is 12.1 Å². The van der Waals surface area contributed by atoms with Gasteiger partial charge in [0.1, 0.15) is 0 Å². The summed E-state index contributed by atoms with van der Waals surface area (Å²) >= 11 is 0. The second-order valence-electron chi connectivity index (χ2n) is 7.26. The fourth-order valence-electron chi connectivity index (χ4n) is 2.31. The molecular weight excluding hydrogens is 248 g/mol. The second-order valence-corrected chi connectivity index (χ2v) is 7.26. The molecule has 0 N–H and O–H groups in total. The lowest BCUT2D eigenvalue weighted by Crippen LogP contribution is -2.33. The Bertz CT molecular complexity index is 569. The zero-order valence-electron chi connectivity index (χ0n) is 13.8. The lowest BCUT2D eigenvalue weighted by atomic mass is 9.78. The number of benzene rings is 1. The van der Waals surface area contributed by atoms with Crippen molar-refractivity contribution in [2.75, 3.05) is 7.11 Å². The highest BCUT2D eigenvalue weighted by atomic mass is 16.5. The maximum atomic E-state index is 11.5. The Hall–Kier alpha value is -1.57. The summed E-state index contributed by atoms with van der Waals surface area (Å²) in [7, 11) is 1.39. The van der Waals surface area contributed by atoms with Gasteiger partial charge in [-0.1, -0.05) is 60.3 Å². The molecule has 0 bridgehead atoms. The van der Waals surface area contributed by atoms with Crippen LogP contribution in [0.5, 0.6) is 0 Å². The molecule has 0 unspecified atom stereocenters. The number of hydrogen-bond donors (Lipinski definition) is 0. The average Bonchev–Trinajstić information content (AvgIpc) is 2.28. The van der Waals surface area contributed by atoms with E-state index < -0.39 is 0 Å². The highest BCUT2D eigenvalue weighted by Gasteiger charge is 2.21. The molecule has 1 aromatic carbocycles. The molecule has 0 aliphatic heterocycles. The Morgan fingerprint density at radius 2 is 1.45 bits per heavy atom. The minimum absolute atomic E-state index is 0.0168. The maximum absolute atomic E-state index is 11.5. The molecule has 2 nitrogen and oxygen atoms in total. The number of methoxy groups -OCH3 is 1. The van der Waals surface area contributed by atoms with Gasteiger partial charge in [-0.25, -0.2) is 4.79 Å². The van der Waals surface area contributed by atoms with E-state index >= 15 is 0 Å². The minimum atomic E-state index is -0.332. The van der Waals surface area contributed by atoms with Crippen LogP contribution in [0.2, 0.25) is 0 Å². The SMILES string of the molecule is C=c1c(C(C)(C)C)cc(=CC(=O)OC)cc1C(C)(C)C. The molecule has 0 fully saturated rings. The van der Waals surface area contributed by atoms with Crippen LogP contribution in [-0.2, 0) is 20.4 Å². The highest BCUT2D eigenvalue weighted by molar-refractivity contribution is 5.99. The van der Waals surface area contributed by atoms with Crippen molar-refractivity contribution in [2.45, 2.75) is 52.4 Å². The molecule has 0 amide bonds. The van der Waals surface area contributed by atoms with Gasteiger partial charge in [-0.3, -0.25) is 0 Å². The Labute approximate surface area is 122 Å². The van der Waals surface area contributed by atoms with E-state index in [1.165, 1.54) is 24.3 Å². The van der Waals surface area contributed by atoms with E-state index in [1.54, 1.807) is 0 Å². The summed E-state index contributed by atoms with van der Waals surface area (Å²) in [6, 6.07) is 4.07. The summed E-state index contributed by atoms with van der Waals surface area (Å²) < 4.78 is 4.73. The summed E-state index contributed by atoms with van der Waals surface area (Å²) in [5.74, 6) is -0.332. The fraction of sp³-hybridized carbons (Fsp3) is 0.500. The zero-order chi connectivity index (χ0) is 15.7. The standard InChI is InChI=1S/C18H26O2/c1-12-14(17(2,3)4)9-13(11-16(19)20-8)10-15(12)18(5,6)7/h9-11H,1H2,2-8H3. The molecule has 0 aliphatic carbocycles. The van der Waals surface area contributed by atoms with Gasteiger partial charge in [0.05, 0.1) is 7.11 Å². The Kier molecular flexibility index (Phi) is 4.48. The van der Waals surface area contributed by atoms with Crippen LogP contribution in [0.25, 0.3) is 12.7 Å². The molecule has 0 saturated heterocycles. The normalized spacial score (nSPS) is 12.2. The van der Waals surface area contributed by atoms with Gasteiger partial charge in [-0.2, -0.15) is 0 Å². The molecule has 2 heteroatoms. The molecule has 1 rings (SSSR count). The Morgan fingerprint density at radius 3 is 1.75 bits per heavy atom. The molecule has 0 saturated carbocycles. The quantitative estimate of drug-likeness (QED) is 0.736. The predicted octanol–water partition coefficient (Wildman–Crippen LogP) is 2.65. The second kappa shape index (κ2) is 5.43. The van der Waals surface area contributed by atoms with Gasteiger partial charge in [-0.15, -0.1) is 0 Å². The Morgan fingerprint density at radius 1 is 1.05 bits per heavy atom. The average molecular weight is 274 g/mol. The number of esters is 1. The highest BCUT2D eigenvalue weighted by Crippen LogP contribution is 2.22. The molecule has 0 spiro atoms. The van der Waals surface area contributed by atoms with Gasteiger partial charge in [0.15, 0.2) is 0 Å². The first-order valence-corrected chi connectivity index (χ1v) is 6.90. The molecule has 1 aromatic rings. The van der Waals surface area contributed by atoms with Crippen molar-refractivity contribution in [3.63, 3.8) is 0 Å². The molecule has 110 valence electrons. The number of rotatable bonds is 1. The molecule has 20 heavy (non-hydrogen) atoms.